The second-order valence-electron chi connectivity index (χ2n) is 4.39. The van der Waals surface area contributed by atoms with Crippen LogP contribution in [0.3, 0.4) is 0 Å². The van der Waals surface area contributed by atoms with Gasteiger partial charge in [-0.2, -0.15) is 0 Å². The van der Waals surface area contributed by atoms with E-state index in [1.54, 1.807) is 4.90 Å². The van der Waals surface area contributed by atoms with Crippen molar-refractivity contribution in [3.63, 3.8) is 0 Å². The van der Waals surface area contributed by atoms with Gasteiger partial charge >= 0.3 is 0 Å². The van der Waals surface area contributed by atoms with E-state index in [-0.39, 0.29) is 18.1 Å². The minimum Gasteiger partial charge on any atom is -0.376 e. The number of nitrogens with zero attached hydrogens (tertiary/aromatic N) is 2. The summed E-state index contributed by atoms with van der Waals surface area (Å²) in [6.45, 7) is 0.489. The molecule has 0 saturated carbocycles. The van der Waals surface area contributed by atoms with Crippen molar-refractivity contribution in [1.29, 1.82) is 0 Å². The van der Waals surface area contributed by atoms with E-state index in [0.717, 1.165) is 11.4 Å². The highest BCUT2D eigenvalue weighted by molar-refractivity contribution is 6.09. The molecule has 4 nitrogen and oxygen atoms in total. The van der Waals surface area contributed by atoms with E-state index in [2.05, 4.69) is 0 Å². The molecule has 4 heteroatoms. The van der Waals surface area contributed by atoms with Gasteiger partial charge < -0.3 is 9.80 Å². The van der Waals surface area contributed by atoms with Crippen molar-refractivity contribution in [3.05, 3.63) is 24.3 Å². The fourth-order valence-electron chi connectivity index (χ4n) is 2.04. The maximum absolute atomic E-state index is 11.9. The average molecular weight is 232 g/mol. The first kappa shape index (κ1) is 11.6. The van der Waals surface area contributed by atoms with Crippen LogP contribution in [0.25, 0.3) is 0 Å². The van der Waals surface area contributed by atoms with Gasteiger partial charge in [0.05, 0.1) is 17.8 Å². The van der Waals surface area contributed by atoms with Crippen molar-refractivity contribution >= 4 is 23.1 Å². The van der Waals surface area contributed by atoms with Crippen LogP contribution in [-0.4, -0.2) is 32.3 Å². The molecule has 0 unspecified atom stereocenters. The highest BCUT2D eigenvalue weighted by Crippen LogP contribution is 2.29. The van der Waals surface area contributed by atoms with Gasteiger partial charge in [0.2, 0.25) is 5.91 Å². The Labute approximate surface area is 101 Å². The second kappa shape index (κ2) is 4.57. The van der Waals surface area contributed by atoms with Crippen molar-refractivity contribution in [2.45, 2.75) is 12.8 Å². The van der Waals surface area contributed by atoms with Gasteiger partial charge in [-0.15, -0.1) is 0 Å². The lowest BCUT2D eigenvalue weighted by molar-refractivity contribution is -0.128. The number of Topliss-reactive ketones (excluding diaryl/α,β-unsaturated/α-hetero) is 1. The van der Waals surface area contributed by atoms with Gasteiger partial charge in [-0.1, -0.05) is 12.1 Å². The summed E-state index contributed by atoms with van der Waals surface area (Å²) in [6, 6.07) is 7.74. The Balaban J connectivity index is 2.34. The number of rotatable bonds is 2. The maximum Gasteiger partial charge on any atom is 0.234 e. The Morgan fingerprint density at radius 3 is 2.53 bits per heavy atom. The molecule has 0 aliphatic carbocycles. The largest absolute Gasteiger partial charge is 0.376 e. The van der Waals surface area contributed by atoms with Crippen LogP contribution in [0.4, 0.5) is 11.4 Å². The Morgan fingerprint density at radius 2 is 1.88 bits per heavy atom. The zero-order valence-electron chi connectivity index (χ0n) is 10.1. The predicted molar refractivity (Wildman–Crippen MR) is 67.4 cm³/mol. The number of ketones is 1. The maximum atomic E-state index is 11.9. The van der Waals surface area contributed by atoms with E-state index in [9.17, 15) is 9.59 Å². The number of piperidine rings is 1. The van der Waals surface area contributed by atoms with Crippen LogP contribution in [0.1, 0.15) is 12.8 Å². The highest BCUT2D eigenvalue weighted by Gasteiger charge is 2.26. The van der Waals surface area contributed by atoms with Crippen molar-refractivity contribution < 1.29 is 9.59 Å². The van der Waals surface area contributed by atoms with Crippen LogP contribution in [0.5, 0.6) is 0 Å². The van der Waals surface area contributed by atoms with Gasteiger partial charge in [0.15, 0.2) is 0 Å². The molecule has 17 heavy (non-hydrogen) atoms. The molecule has 1 heterocycles. The number of amides is 1. The summed E-state index contributed by atoms with van der Waals surface area (Å²) in [4.78, 5) is 26.8. The summed E-state index contributed by atoms with van der Waals surface area (Å²) >= 11 is 0. The van der Waals surface area contributed by atoms with Crippen LogP contribution >= 0.6 is 0 Å². The van der Waals surface area contributed by atoms with Crippen LogP contribution in [0, 0.1) is 0 Å². The van der Waals surface area contributed by atoms with Crippen LogP contribution < -0.4 is 9.80 Å². The molecule has 90 valence electrons. The topological polar surface area (TPSA) is 40.6 Å². The van der Waals surface area contributed by atoms with Gasteiger partial charge in [-0.05, 0) is 12.1 Å². The first-order valence-corrected chi connectivity index (χ1v) is 5.68. The zero-order chi connectivity index (χ0) is 12.4. The second-order valence-corrected chi connectivity index (χ2v) is 4.39. The molecule has 1 amide bonds. The molecular formula is C13H16N2O2. The standard InChI is InChI=1S/C13H16N2O2/c1-14(2)11-5-3-4-6-12(11)15-8-7-10(16)9-13(15)17/h3-6H,7-9H2,1-2H3. The fourth-order valence-corrected chi connectivity index (χ4v) is 2.04. The number of carbonyl (C=O) groups excluding carboxylic acids is 2. The molecule has 1 aromatic rings. The average Bonchev–Trinajstić information content (AvgIpc) is 2.29. The summed E-state index contributed by atoms with van der Waals surface area (Å²) in [7, 11) is 3.89. The molecule has 1 aromatic carbocycles. The predicted octanol–water partition coefficient (Wildman–Crippen LogP) is 1.45. The Hall–Kier alpha value is -1.84. The summed E-state index contributed by atoms with van der Waals surface area (Å²) < 4.78 is 0. The Kier molecular flexibility index (Phi) is 3.13. The summed E-state index contributed by atoms with van der Waals surface area (Å²) in [5.74, 6) is -0.0656. The van der Waals surface area contributed by atoms with E-state index < -0.39 is 0 Å². The Bertz CT molecular complexity index is 454. The molecule has 0 N–H and O–H groups in total. The number of anilines is 2. The highest BCUT2D eigenvalue weighted by atomic mass is 16.2. The van der Waals surface area contributed by atoms with Crippen LogP contribution in [0.2, 0.25) is 0 Å². The van der Waals surface area contributed by atoms with Gasteiger partial charge in [-0.25, -0.2) is 0 Å². The quantitative estimate of drug-likeness (QED) is 0.725. The van der Waals surface area contributed by atoms with Crippen LogP contribution in [0.15, 0.2) is 24.3 Å². The molecule has 1 saturated heterocycles. The molecule has 0 radical (unpaired) electrons. The van der Waals surface area contributed by atoms with E-state index in [1.165, 1.54) is 0 Å². The van der Waals surface area contributed by atoms with Gasteiger partial charge in [0.1, 0.15) is 5.78 Å². The summed E-state index contributed by atoms with van der Waals surface area (Å²) in [5, 5.41) is 0. The lowest BCUT2D eigenvalue weighted by Gasteiger charge is -2.29. The van der Waals surface area contributed by atoms with Gasteiger partial charge in [-0.3, -0.25) is 9.59 Å². The third-order valence-electron chi connectivity index (χ3n) is 2.92. The minimum absolute atomic E-state index is 0.0295. The van der Waals surface area contributed by atoms with E-state index in [1.807, 2.05) is 43.3 Å². The molecule has 2 rings (SSSR count). The van der Waals surface area contributed by atoms with Gasteiger partial charge in [0, 0.05) is 27.1 Å². The number of hydrogen-bond donors (Lipinski definition) is 0. The molecule has 0 atom stereocenters. The first-order chi connectivity index (χ1) is 8.09. The normalized spacial score (nSPS) is 16.2. The molecule has 0 spiro atoms. The molecule has 1 aliphatic heterocycles. The lowest BCUT2D eigenvalue weighted by Crippen LogP contribution is -2.39. The monoisotopic (exact) mass is 232 g/mol. The summed E-state index contributed by atoms with van der Waals surface area (Å²) in [6.07, 6.45) is 0.481. The van der Waals surface area contributed by atoms with E-state index in [0.29, 0.717) is 13.0 Å². The van der Waals surface area contributed by atoms with Crippen molar-refractivity contribution in [1.82, 2.24) is 0 Å². The minimum atomic E-state index is -0.101. The third-order valence-corrected chi connectivity index (χ3v) is 2.92. The van der Waals surface area contributed by atoms with Crippen molar-refractivity contribution in [2.75, 3.05) is 30.4 Å². The van der Waals surface area contributed by atoms with Gasteiger partial charge in [0.25, 0.3) is 0 Å². The number of hydrogen-bond acceptors (Lipinski definition) is 3. The first-order valence-electron chi connectivity index (χ1n) is 5.68. The molecule has 1 aliphatic rings. The van der Waals surface area contributed by atoms with Crippen molar-refractivity contribution in [3.8, 4) is 0 Å². The third kappa shape index (κ3) is 2.30. The molecule has 1 fully saturated rings. The molecular weight excluding hydrogens is 216 g/mol. The summed E-state index contributed by atoms with van der Waals surface area (Å²) in [5.41, 5.74) is 1.88. The number of benzene rings is 1. The smallest absolute Gasteiger partial charge is 0.234 e. The lowest BCUT2D eigenvalue weighted by atomic mass is 10.1. The van der Waals surface area contributed by atoms with E-state index in [4.69, 9.17) is 0 Å². The van der Waals surface area contributed by atoms with Crippen molar-refractivity contribution in [2.24, 2.45) is 0 Å². The molecule has 0 aromatic heterocycles. The van der Waals surface area contributed by atoms with E-state index >= 15 is 0 Å². The number of carbonyl (C=O) groups is 2. The van der Waals surface area contributed by atoms with Crippen LogP contribution in [-0.2, 0) is 9.59 Å². The Morgan fingerprint density at radius 1 is 1.18 bits per heavy atom. The fraction of sp³-hybridized carbons (Fsp3) is 0.385. The number of para-hydroxylation sites is 2. The zero-order valence-corrected chi connectivity index (χ0v) is 10.1. The molecule has 0 bridgehead atoms. The SMILES string of the molecule is CN(C)c1ccccc1N1CCC(=O)CC1=O.